The van der Waals surface area contributed by atoms with E-state index >= 15 is 0 Å². The Kier molecular flexibility index (Phi) is 4.33. The minimum Gasteiger partial charge on any atom is -0.306 e. The zero-order valence-corrected chi connectivity index (χ0v) is 15.0. The van der Waals surface area contributed by atoms with Crippen molar-refractivity contribution in [2.24, 2.45) is 0 Å². The van der Waals surface area contributed by atoms with Gasteiger partial charge in [-0.3, -0.25) is 9.36 Å². The molecule has 0 saturated heterocycles. The molecule has 2 heterocycles. The highest BCUT2D eigenvalue weighted by molar-refractivity contribution is 7.71. The molecule has 0 amide bonds. The van der Waals surface area contributed by atoms with Crippen LogP contribution in [0.5, 0.6) is 0 Å². The largest absolute Gasteiger partial charge is 0.309 e. The molecule has 0 bridgehead atoms. The Morgan fingerprint density at radius 2 is 1.80 bits per heavy atom. The normalized spacial score (nSPS) is 11.2. The van der Waals surface area contributed by atoms with Crippen LogP contribution in [-0.4, -0.2) is 18.9 Å². The third kappa shape index (κ3) is 3.20. The molecule has 0 aliphatic rings. The van der Waals surface area contributed by atoms with Crippen molar-refractivity contribution in [3.05, 3.63) is 80.9 Å². The van der Waals surface area contributed by atoms with E-state index in [0.29, 0.717) is 11.4 Å². The summed E-state index contributed by atoms with van der Waals surface area (Å²) in [6.45, 7) is 1.10. The van der Waals surface area contributed by atoms with Crippen LogP contribution in [0.3, 0.4) is 0 Å². The number of aryl methyl sites for hydroxylation is 2. The maximum Gasteiger partial charge on any atom is 0.309 e. The summed E-state index contributed by atoms with van der Waals surface area (Å²) in [7, 11) is 0. The van der Waals surface area contributed by atoms with Gasteiger partial charge in [-0.05, 0) is 36.3 Å². The number of thiazole rings is 1. The van der Waals surface area contributed by atoms with Gasteiger partial charge in [0.1, 0.15) is 13.0 Å². The molecule has 7 heteroatoms. The maximum absolute atomic E-state index is 12.3. The summed E-state index contributed by atoms with van der Waals surface area (Å²) in [5, 5.41) is 4.37. The number of benzene rings is 2. The molecule has 0 atom stereocenters. The molecule has 0 radical (unpaired) electrons. The molecule has 0 fully saturated rings. The van der Waals surface area contributed by atoms with E-state index in [1.807, 2.05) is 47.0 Å². The summed E-state index contributed by atoms with van der Waals surface area (Å²) in [4.78, 5) is 12.3. The van der Waals surface area contributed by atoms with Crippen molar-refractivity contribution in [3.63, 3.8) is 0 Å². The second kappa shape index (κ2) is 6.78. The van der Waals surface area contributed by atoms with Crippen LogP contribution in [-0.2, 0) is 19.6 Å². The van der Waals surface area contributed by atoms with Crippen LogP contribution in [0.15, 0.2) is 65.7 Å². The van der Waals surface area contributed by atoms with E-state index in [-0.39, 0.29) is 4.87 Å². The monoisotopic (exact) mass is 368 g/mol. The Bertz CT molecular complexity index is 1120. The van der Waals surface area contributed by atoms with Crippen molar-refractivity contribution in [1.29, 1.82) is 0 Å². The van der Waals surface area contributed by atoms with Crippen molar-refractivity contribution < 1.29 is 0 Å². The third-order valence-electron chi connectivity index (χ3n) is 4.13. The van der Waals surface area contributed by atoms with Gasteiger partial charge in [0, 0.05) is 6.54 Å². The van der Waals surface area contributed by atoms with Crippen LogP contribution in [0, 0.1) is 4.77 Å². The standard InChI is InChI=1S/C18H16N4OS2/c23-18-21(15-8-4-5-9-16(15)25-18)13-22-17(24)20(12-19-22)11-10-14-6-2-1-3-7-14/h1-9,12H,10-11,13H2. The topological polar surface area (TPSA) is 44.8 Å². The highest BCUT2D eigenvalue weighted by Gasteiger charge is 2.09. The molecular formula is C18H16N4OS2. The van der Waals surface area contributed by atoms with Crippen molar-refractivity contribution >= 4 is 33.8 Å². The van der Waals surface area contributed by atoms with Gasteiger partial charge in [0.05, 0.1) is 10.2 Å². The fourth-order valence-corrected chi connectivity index (χ4v) is 3.93. The van der Waals surface area contributed by atoms with Crippen molar-refractivity contribution in [2.45, 2.75) is 19.6 Å². The number of fused-ring (bicyclic) bond motifs is 1. The van der Waals surface area contributed by atoms with Crippen LogP contribution < -0.4 is 4.87 Å². The average Bonchev–Trinajstić information content (AvgIpc) is 3.15. The summed E-state index contributed by atoms with van der Waals surface area (Å²) < 4.78 is 6.95. The molecule has 0 spiro atoms. The van der Waals surface area contributed by atoms with Gasteiger partial charge < -0.3 is 4.57 Å². The number of hydrogen-bond donors (Lipinski definition) is 0. The van der Waals surface area contributed by atoms with Crippen LogP contribution in [0.4, 0.5) is 0 Å². The predicted octanol–water partition coefficient (Wildman–Crippen LogP) is 3.54. The predicted molar refractivity (Wildman–Crippen MR) is 103 cm³/mol. The van der Waals surface area contributed by atoms with Gasteiger partial charge in [0.15, 0.2) is 4.77 Å². The summed E-state index contributed by atoms with van der Waals surface area (Å²) in [5.41, 5.74) is 2.18. The van der Waals surface area contributed by atoms with Crippen LogP contribution in [0.2, 0.25) is 0 Å². The molecule has 0 aliphatic carbocycles. The fourth-order valence-electron chi connectivity index (χ4n) is 2.80. The van der Waals surface area contributed by atoms with E-state index in [1.165, 1.54) is 16.9 Å². The van der Waals surface area contributed by atoms with E-state index in [9.17, 15) is 4.79 Å². The van der Waals surface area contributed by atoms with Gasteiger partial charge in [-0.1, -0.05) is 53.8 Å². The Balaban J connectivity index is 1.58. The molecule has 25 heavy (non-hydrogen) atoms. The first kappa shape index (κ1) is 16.0. The first-order valence-corrected chi connectivity index (χ1v) is 9.19. The fraction of sp³-hybridized carbons (Fsp3) is 0.167. The van der Waals surface area contributed by atoms with E-state index in [4.69, 9.17) is 12.2 Å². The Morgan fingerprint density at radius 3 is 2.64 bits per heavy atom. The molecular weight excluding hydrogens is 352 g/mol. The number of rotatable bonds is 5. The molecule has 2 aromatic heterocycles. The maximum atomic E-state index is 12.3. The third-order valence-corrected chi connectivity index (χ3v) is 5.54. The lowest BCUT2D eigenvalue weighted by molar-refractivity contribution is 0.538. The molecule has 4 rings (SSSR count). The summed E-state index contributed by atoms with van der Waals surface area (Å²) in [6, 6.07) is 18.1. The zero-order chi connectivity index (χ0) is 17.2. The number of nitrogens with zero attached hydrogens (tertiary/aromatic N) is 4. The first-order chi connectivity index (χ1) is 12.2. The summed E-state index contributed by atoms with van der Waals surface area (Å²) in [5.74, 6) is 0. The lowest BCUT2D eigenvalue weighted by Gasteiger charge is -2.05. The van der Waals surface area contributed by atoms with Crippen molar-refractivity contribution in [2.75, 3.05) is 0 Å². The molecule has 0 unspecified atom stereocenters. The minimum absolute atomic E-state index is 0.00179. The number of para-hydroxylation sites is 1. The van der Waals surface area contributed by atoms with Crippen LogP contribution >= 0.6 is 23.6 Å². The van der Waals surface area contributed by atoms with Crippen LogP contribution in [0.25, 0.3) is 10.2 Å². The van der Waals surface area contributed by atoms with E-state index in [2.05, 4.69) is 17.2 Å². The lowest BCUT2D eigenvalue weighted by Crippen LogP contribution is -2.19. The quantitative estimate of drug-likeness (QED) is 0.506. The molecule has 2 aromatic carbocycles. The van der Waals surface area contributed by atoms with Gasteiger partial charge in [-0.15, -0.1) is 0 Å². The number of hydrogen-bond acceptors (Lipinski definition) is 4. The molecule has 126 valence electrons. The molecule has 0 aliphatic heterocycles. The van der Waals surface area contributed by atoms with E-state index in [1.54, 1.807) is 15.6 Å². The molecule has 0 N–H and O–H groups in total. The summed E-state index contributed by atoms with van der Waals surface area (Å²) in [6.07, 6.45) is 2.63. The smallest absolute Gasteiger partial charge is 0.306 e. The van der Waals surface area contributed by atoms with Gasteiger partial charge in [-0.25, -0.2) is 4.68 Å². The lowest BCUT2D eigenvalue weighted by atomic mass is 10.1. The van der Waals surface area contributed by atoms with Crippen molar-refractivity contribution in [1.82, 2.24) is 18.9 Å². The second-order valence-corrected chi connectivity index (χ2v) is 7.11. The Labute approximate surface area is 153 Å². The summed E-state index contributed by atoms with van der Waals surface area (Å²) >= 11 is 6.77. The first-order valence-electron chi connectivity index (χ1n) is 7.97. The minimum atomic E-state index is 0.00179. The van der Waals surface area contributed by atoms with Gasteiger partial charge in [-0.2, -0.15) is 5.10 Å². The van der Waals surface area contributed by atoms with Crippen LogP contribution in [0.1, 0.15) is 5.56 Å². The van der Waals surface area contributed by atoms with Gasteiger partial charge in [0.25, 0.3) is 0 Å². The molecule has 5 nitrogen and oxygen atoms in total. The second-order valence-electron chi connectivity index (χ2n) is 5.75. The van der Waals surface area contributed by atoms with Gasteiger partial charge >= 0.3 is 4.87 Å². The highest BCUT2D eigenvalue weighted by atomic mass is 32.1. The molecule has 0 saturated carbocycles. The SMILES string of the molecule is O=c1sc2ccccc2n1Cn1ncn(CCc2ccccc2)c1=S. The number of aromatic nitrogens is 4. The van der Waals surface area contributed by atoms with Crippen molar-refractivity contribution in [3.8, 4) is 0 Å². The Hall–Kier alpha value is -2.51. The Morgan fingerprint density at radius 1 is 1.04 bits per heavy atom. The average molecular weight is 368 g/mol. The van der Waals surface area contributed by atoms with E-state index in [0.717, 1.165) is 23.2 Å². The highest BCUT2D eigenvalue weighted by Crippen LogP contribution is 2.16. The van der Waals surface area contributed by atoms with Gasteiger partial charge in [0.2, 0.25) is 0 Å². The zero-order valence-electron chi connectivity index (χ0n) is 13.4. The van der Waals surface area contributed by atoms with E-state index < -0.39 is 0 Å². The molecule has 4 aromatic rings.